The number of carbonyl (C=O) groups excluding carboxylic acids is 2. The van der Waals surface area contributed by atoms with E-state index in [0.29, 0.717) is 12.0 Å². The van der Waals surface area contributed by atoms with Crippen LogP contribution in [0.2, 0.25) is 0 Å². The predicted octanol–water partition coefficient (Wildman–Crippen LogP) is 1.67. The van der Waals surface area contributed by atoms with E-state index >= 15 is 0 Å². The van der Waals surface area contributed by atoms with E-state index in [1.54, 1.807) is 0 Å². The lowest BCUT2D eigenvalue weighted by Gasteiger charge is -2.33. The molecule has 3 aliphatic rings. The maximum atomic E-state index is 12.8. The van der Waals surface area contributed by atoms with Crippen molar-refractivity contribution >= 4 is 11.8 Å². The first-order valence-corrected chi connectivity index (χ1v) is 9.40. The van der Waals surface area contributed by atoms with Crippen LogP contribution < -0.4 is 10.6 Å². The number of likely N-dealkylation sites (tertiary alicyclic amines) is 1. The van der Waals surface area contributed by atoms with Gasteiger partial charge in [0.25, 0.3) is 0 Å². The van der Waals surface area contributed by atoms with Gasteiger partial charge in [-0.1, -0.05) is 12.8 Å². The van der Waals surface area contributed by atoms with Crippen molar-refractivity contribution in [3.63, 3.8) is 0 Å². The van der Waals surface area contributed by atoms with Gasteiger partial charge < -0.3 is 15.5 Å². The molecule has 3 fully saturated rings. The van der Waals surface area contributed by atoms with Gasteiger partial charge in [-0.2, -0.15) is 0 Å². The summed E-state index contributed by atoms with van der Waals surface area (Å²) in [4.78, 5) is 26.8. The van der Waals surface area contributed by atoms with E-state index in [1.165, 1.54) is 25.7 Å². The van der Waals surface area contributed by atoms with Crippen molar-refractivity contribution in [2.75, 3.05) is 13.1 Å². The molecule has 0 bridgehead atoms. The third-order valence-electron chi connectivity index (χ3n) is 5.77. The lowest BCUT2D eigenvalue weighted by atomic mass is 9.85. The van der Waals surface area contributed by atoms with Crippen LogP contribution >= 0.6 is 0 Å². The van der Waals surface area contributed by atoms with E-state index < -0.39 is 0 Å². The van der Waals surface area contributed by atoms with Crippen molar-refractivity contribution in [1.29, 1.82) is 0 Å². The van der Waals surface area contributed by atoms with Crippen LogP contribution in [0.4, 0.5) is 0 Å². The molecule has 0 aromatic heterocycles. The number of piperidine rings is 1. The molecule has 0 aromatic rings. The monoisotopic (exact) mass is 321 g/mol. The lowest BCUT2D eigenvalue weighted by molar-refractivity contribution is -0.137. The van der Waals surface area contributed by atoms with Crippen LogP contribution in [0, 0.1) is 11.8 Å². The number of hydrogen-bond donors (Lipinski definition) is 2. The number of rotatable bonds is 3. The summed E-state index contributed by atoms with van der Waals surface area (Å²) in [6, 6.07) is 0.768. The van der Waals surface area contributed by atoms with Gasteiger partial charge in [-0.05, 0) is 51.9 Å². The Kier molecular flexibility index (Phi) is 5.24. The molecule has 3 unspecified atom stereocenters. The Balaban J connectivity index is 1.48. The Bertz CT molecular complexity index is 430. The van der Waals surface area contributed by atoms with Crippen LogP contribution in [-0.4, -0.2) is 47.9 Å². The second-order valence-corrected chi connectivity index (χ2v) is 7.87. The summed E-state index contributed by atoms with van der Waals surface area (Å²) < 4.78 is 0. The standard InChI is InChI=1S/C18H31N3O2/c1-12(2)19-17(22)13-7-9-21(10-8-13)18(23)16-11-14-5-3-4-6-15(14)20-16/h12-16,20H,3-11H2,1-2H3,(H,19,22). The van der Waals surface area contributed by atoms with Crippen molar-refractivity contribution in [2.45, 2.75) is 76.9 Å². The third kappa shape index (κ3) is 3.87. The summed E-state index contributed by atoms with van der Waals surface area (Å²) in [5, 5.41) is 6.57. The van der Waals surface area contributed by atoms with Gasteiger partial charge in [-0.15, -0.1) is 0 Å². The number of carbonyl (C=O) groups is 2. The summed E-state index contributed by atoms with van der Waals surface area (Å²) >= 11 is 0. The number of nitrogens with one attached hydrogen (secondary N) is 2. The molecular formula is C18H31N3O2. The van der Waals surface area contributed by atoms with Gasteiger partial charge >= 0.3 is 0 Å². The van der Waals surface area contributed by atoms with Crippen molar-refractivity contribution in [3.8, 4) is 0 Å². The molecule has 2 heterocycles. The first kappa shape index (κ1) is 16.7. The Morgan fingerprint density at radius 3 is 2.43 bits per heavy atom. The van der Waals surface area contributed by atoms with Crippen LogP contribution in [0.1, 0.15) is 58.8 Å². The van der Waals surface area contributed by atoms with Gasteiger partial charge in [-0.3, -0.25) is 9.59 Å². The summed E-state index contributed by atoms with van der Waals surface area (Å²) in [5.41, 5.74) is 0. The highest BCUT2D eigenvalue weighted by Crippen LogP contribution is 2.34. The van der Waals surface area contributed by atoms with Gasteiger partial charge in [-0.25, -0.2) is 0 Å². The zero-order chi connectivity index (χ0) is 16.4. The molecule has 2 aliphatic heterocycles. The van der Waals surface area contributed by atoms with Crippen LogP contribution in [0.25, 0.3) is 0 Å². The molecule has 0 aromatic carbocycles. The second kappa shape index (κ2) is 7.20. The summed E-state index contributed by atoms with van der Waals surface area (Å²) in [6.45, 7) is 5.43. The Hall–Kier alpha value is -1.10. The molecule has 130 valence electrons. The average Bonchev–Trinajstić information content (AvgIpc) is 2.97. The summed E-state index contributed by atoms with van der Waals surface area (Å²) in [7, 11) is 0. The Labute approximate surface area is 139 Å². The first-order valence-electron chi connectivity index (χ1n) is 9.40. The molecule has 2 saturated heterocycles. The molecule has 23 heavy (non-hydrogen) atoms. The Morgan fingerprint density at radius 1 is 1.09 bits per heavy atom. The van der Waals surface area contributed by atoms with Crippen LogP contribution in [0.15, 0.2) is 0 Å². The normalized spacial score (nSPS) is 32.0. The van der Waals surface area contributed by atoms with Gasteiger partial charge in [0.1, 0.15) is 0 Å². The number of fused-ring (bicyclic) bond motifs is 1. The van der Waals surface area contributed by atoms with Crippen molar-refractivity contribution < 1.29 is 9.59 Å². The number of hydrogen-bond acceptors (Lipinski definition) is 3. The van der Waals surface area contributed by atoms with E-state index in [9.17, 15) is 9.59 Å². The Morgan fingerprint density at radius 2 is 1.78 bits per heavy atom. The fourth-order valence-corrected chi connectivity index (χ4v) is 4.50. The first-order chi connectivity index (χ1) is 11.0. The molecule has 5 heteroatoms. The SMILES string of the molecule is CC(C)NC(=O)C1CCN(C(=O)C2CC3CCCCC3N2)CC1. The third-order valence-corrected chi connectivity index (χ3v) is 5.77. The molecule has 5 nitrogen and oxygen atoms in total. The largest absolute Gasteiger partial charge is 0.354 e. The minimum absolute atomic E-state index is 0.0177. The molecule has 3 rings (SSSR count). The van der Waals surface area contributed by atoms with Crippen molar-refractivity contribution in [3.05, 3.63) is 0 Å². The van der Waals surface area contributed by atoms with E-state index in [2.05, 4.69) is 10.6 Å². The number of nitrogens with zero attached hydrogens (tertiary/aromatic N) is 1. The van der Waals surface area contributed by atoms with Gasteiger partial charge in [0.05, 0.1) is 6.04 Å². The predicted molar refractivity (Wildman–Crippen MR) is 89.9 cm³/mol. The smallest absolute Gasteiger partial charge is 0.239 e. The zero-order valence-corrected chi connectivity index (χ0v) is 14.5. The molecular weight excluding hydrogens is 290 g/mol. The minimum atomic E-state index is 0.0177. The lowest BCUT2D eigenvalue weighted by Crippen LogP contribution is -2.50. The fourth-order valence-electron chi connectivity index (χ4n) is 4.50. The molecule has 1 aliphatic carbocycles. The molecule has 1 saturated carbocycles. The molecule has 0 radical (unpaired) electrons. The van der Waals surface area contributed by atoms with E-state index in [1.807, 2.05) is 18.7 Å². The van der Waals surface area contributed by atoms with Crippen molar-refractivity contribution in [1.82, 2.24) is 15.5 Å². The van der Waals surface area contributed by atoms with Crippen LogP contribution in [-0.2, 0) is 9.59 Å². The second-order valence-electron chi connectivity index (χ2n) is 7.87. The number of amides is 2. The molecule has 0 spiro atoms. The maximum Gasteiger partial charge on any atom is 0.239 e. The fraction of sp³-hybridized carbons (Fsp3) is 0.889. The topological polar surface area (TPSA) is 61.4 Å². The summed E-state index contributed by atoms with van der Waals surface area (Å²) in [5.74, 6) is 1.19. The van der Waals surface area contributed by atoms with Gasteiger partial charge in [0.2, 0.25) is 11.8 Å². The van der Waals surface area contributed by atoms with E-state index in [0.717, 1.165) is 32.4 Å². The van der Waals surface area contributed by atoms with E-state index in [4.69, 9.17) is 0 Å². The van der Waals surface area contributed by atoms with Crippen LogP contribution in [0.3, 0.4) is 0 Å². The molecule has 2 N–H and O–H groups in total. The highest BCUT2D eigenvalue weighted by Gasteiger charge is 2.40. The average molecular weight is 321 g/mol. The quantitative estimate of drug-likeness (QED) is 0.831. The van der Waals surface area contributed by atoms with Gasteiger partial charge in [0.15, 0.2) is 0 Å². The highest BCUT2D eigenvalue weighted by atomic mass is 16.2. The van der Waals surface area contributed by atoms with Crippen molar-refractivity contribution in [2.24, 2.45) is 11.8 Å². The summed E-state index contributed by atoms with van der Waals surface area (Å²) in [6.07, 6.45) is 7.72. The highest BCUT2D eigenvalue weighted by molar-refractivity contribution is 5.83. The van der Waals surface area contributed by atoms with E-state index in [-0.39, 0.29) is 29.8 Å². The molecule has 3 atom stereocenters. The van der Waals surface area contributed by atoms with Gasteiger partial charge in [0, 0.05) is 31.1 Å². The maximum absolute atomic E-state index is 12.8. The minimum Gasteiger partial charge on any atom is -0.354 e. The van der Waals surface area contributed by atoms with Crippen LogP contribution in [0.5, 0.6) is 0 Å². The molecule has 2 amide bonds. The zero-order valence-electron chi connectivity index (χ0n) is 14.5.